The summed E-state index contributed by atoms with van der Waals surface area (Å²) in [6, 6.07) is 9.37. The molecule has 138 valence electrons. The van der Waals surface area contributed by atoms with Crippen molar-refractivity contribution < 1.29 is 18.4 Å². The second-order valence-electron chi connectivity index (χ2n) is 5.59. The molecule has 1 aromatic heterocycles. The Labute approximate surface area is 152 Å². The lowest BCUT2D eigenvalue weighted by Crippen LogP contribution is -2.20. The number of primary amides is 1. The van der Waals surface area contributed by atoms with Gasteiger partial charge >= 0.3 is 6.03 Å². The zero-order chi connectivity index (χ0) is 19.4. The third-order valence-electron chi connectivity index (χ3n) is 3.74. The van der Waals surface area contributed by atoms with E-state index in [-0.39, 0.29) is 16.9 Å². The van der Waals surface area contributed by atoms with Crippen LogP contribution in [0.4, 0.5) is 25.0 Å². The maximum atomic E-state index is 13.7. The number of hydrogen-bond donors (Lipinski definition) is 4. The zero-order valence-corrected chi connectivity index (χ0v) is 13.9. The molecule has 0 aliphatic carbocycles. The van der Waals surface area contributed by atoms with Crippen molar-refractivity contribution in [3.8, 4) is 11.3 Å². The van der Waals surface area contributed by atoms with E-state index in [1.165, 1.54) is 18.5 Å². The number of halogens is 2. The van der Waals surface area contributed by atoms with Crippen LogP contribution in [0, 0.1) is 5.82 Å². The number of amides is 3. The number of benzene rings is 2. The number of H-pyrrole nitrogens is 1. The number of aromatic amines is 1. The van der Waals surface area contributed by atoms with Gasteiger partial charge in [0.05, 0.1) is 12.0 Å². The first kappa shape index (κ1) is 18.1. The number of aromatic nitrogens is 2. The van der Waals surface area contributed by atoms with E-state index in [2.05, 4.69) is 20.6 Å². The minimum atomic E-state index is -0.765. The number of alkyl halides is 1. The summed E-state index contributed by atoms with van der Waals surface area (Å²) in [6.45, 7) is -0.765. The number of carbonyl (C=O) groups excluding carboxylic acids is 2. The quantitative estimate of drug-likeness (QED) is 0.551. The highest BCUT2D eigenvalue weighted by Crippen LogP contribution is 2.22. The molecule has 9 heteroatoms. The van der Waals surface area contributed by atoms with Gasteiger partial charge < -0.3 is 21.4 Å². The Bertz CT molecular complexity index is 986. The molecule has 0 unspecified atom stereocenters. The standard InChI is InChI=1S/C18H15F2N5O2/c19-8-10-1-6-13(20)14(7-10)25-18(27)24-12-4-2-11(3-5-12)15-16(17(21)26)23-9-22-15/h1-7,9H,8H2,(H2,21,26)(H,22,23)(H2,24,25,27). The minimum absolute atomic E-state index is 0.123. The molecular weight excluding hydrogens is 356 g/mol. The number of rotatable bonds is 5. The molecule has 7 nitrogen and oxygen atoms in total. The van der Waals surface area contributed by atoms with Gasteiger partial charge in [-0.2, -0.15) is 0 Å². The van der Waals surface area contributed by atoms with Crippen LogP contribution in [0.5, 0.6) is 0 Å². The largest absolute Gasteiger partial charge is 0.364 e. The van der Waals surface area contributed by atoms with Gasteiger partial charge in [-0.25, -0.2) is 18.6 Å². The Hall–Kier alpha value is -3.75. The molecule has 1 heterocycles. The highest BCUT2D eigenvalue weighted by Gasteiger charge is 2.13. The van der Waals surface area contributed by atoms with Crippen LogP contribution >= 0.6 is 0 Å². The molecule has 3 amide bonds. The number of carbonyl (C=O) groups is 2. The van der Waals surface area contributed by atoms with Crippen molar-refractivity contribution >= 4 is 23.3 Å². The Morgan fingerprint density at radius 3 is 2.52 bits per heavy atom. The predicted octanol–water partition coefficient (Wildman–Crippen LogP) is 3.43. The molecule has 0 saturated carbocycles. The zero-order valence-electron chi connectivity index (χ0n) is 13.9. The molecule has 0 atom stereocenters. The molecule has 2 aromatic carbocycles. The van der Waals surface area contributed by atoms with Crippen LogP contribution in [0.25, 0.3) is 11.3 Å². The van der Waals surface area contributed by atoms with Crippen molar-refractivity contribution in [2.45, 2.75) is 6.67 Å². The van der Waals surface area contributed by atoms with Crippen molar-refractivity contribution in [2.24, 2.45) is 5.73 Å². The molecule has 3 rings (SSSR count). The maximum Gasteiger partial charge on any atom is 0.323 e. The predicted molar refractivity (Wildman–Crippen MR) is 96.4 cm³/mol. The summed E-state index contributed by atoms with van der Waals surface area (Å²) >= 11 is 0. The molecular formula is C18H15F2N5O2. The SMILES string of the molecule is NC(=O)c1[nH]cnc1-c1ccc(NC(=O)Nc2cc(CF)ccc2F)cc1. The fourth-order valence-corrected chi connectivity index (χ4v) is 2.45. The number of anilines is 2. The van der Waals surface area contributed by atoms with Gasteiger partial charge in [0.25, 0.3) is 5.91 Å². The monoisotopic (exact) mass is 371 g/mol. The third-order valence-corrected chi connectivity index (χ3v) is 3.74. The first-order chi connectivity index (χ1) is 13.0. The second kappa shape index (κ2) is 7.65. The van der Waals surface area contributed by atoms with Gasteiger partial charge in [0.2, 0.25) is 0 Å². The van der Waals surface area contributed by atoms with E-state index < -0.39 is 24.4 Å². The lowest BCUT2D eigenvalue weighted by molar-refractivity contribution is 0.0996. The summed E-state index contributed by atoms with van der Waals surface area (Å²) in [6.07, 6.45) is 1.36. The van der Waals surface area contributed by atoms with Gasteiger partial charge in [0, 0.05) is 11.3 Å². The van der Waals surface area contributed by atoms with Crippen molar-refractivity contribution in [1.82, 2.24) is 9.97 Å². The first-order valence-electron chi connectivity index (χ1n) is 7.84. The fraction of sp³-hybridized carbons (Fsp3) is 0.0556. The molecule has 3 aromatic rings. The normalized spacial score (nSPS) is 10.4. The van der Waals surface area contributed by atoms with Gasteiger partial charge in [0.1, 0.15) is 23.9 Å². The van der Waals surface area contributed by atoms with Gasteiger partial charge in [-0.3, -0.25) is 4.79 Å². The van der Waals surface area contributed by atoms with E-state index in [1.807, 2.05) is 0 Å². The number of nitrogens with one attached hydrogen (secondary N) is 3. The molecule has 0 radical (unpaired) electrons. The molecule has 0 aliphatic heterocycles. The summed E-state index contributed by atoms with van der Waals surface area (Å²) in [5, 5.41) is 4.86. The summed E-state index contributed by atoms with van der Waals surface area (Å²) in [4.78, 5) is 30.1. The summed E-state index contributed by atoms with van der Waals surface area (Å²) in [7, 11) is 0. The minimum Gasteiger partial charge on any atom is -0.364 e. The topological polar surface area (TPSA) is 113 Å². The molecule has 5 N–H and O–H groups in total. The number of urea groups is 1. The Morgan fingerprint density at radius 1 is 1.11 bits per heavy atom. The number of nitrogens with two attached hydrogens (primary N) is 1. The van der Waals surface area contributed by atoms with Crippen LogP contribution in [-0.2, 0) is 6.67 Å². The smallest absolute Gasteiger partial charge is 0.323 e. The van der Waals surface area contributed by atoms with Crippen LogP contribution in [0.3, 0.4) is 0 Å². The van der Waals surface area contributed by atoms with Crippen LogP contribution in [0.15, 0.2) is 48.8 Å². The Balaban J connectivity index is 1.70. The van der Waals surface area contributed by atoms with E-state index in [4.69, 9.17) is 5.73 Å². The average molecular weight is 371 g/mol. The van der Waals surface area contributed by atoms with Crippen LogP contribution in [0.2, 0.25) is 0 Å². The van der Waals surface area contributed by atoms with E-state index in [9.17, 15) is 18.4 Å². The van der Waals surface area contributed by atoms with Crippen LogP contribution < -0.4 is 16.4 Å². The van der Waals surface area contributed by atoms with Crippen molar-refractivity contribution in [2.75, 3.05) is 10.6 Å². The molecule has 0 aliphatic rings. The molecule has 27 heavy (non-hydrogen) atoms. The van der Waals surface area contributed by atoms with Gasteiger partial charge in [0.15, 0.2) is 0 Å². The summed E-state index contributed by atoms with van der Waals surface area (Å²) in [5.74, 6) is -1.31. The average Bonchev–Trinajstić information content (AvgIpc) is 3.14. The molecule has 0 bridgehead atoms. The maximum absolute atomic E-state index is 13.7. The summed E-state index contributed by atoms with van der Waals surface area (Å²) in [5.41, 5.74) is 7.01. The fourth-order valence-electron chi connectivity index (χ4n) is 2.45. The van der Waals surface area contributed by atoms with E-state index in [0.717, 1.165) is 6.07 Å². The summed E-state index contributed by atoms with van der Waals surface area (Å²) < 4.78 is 26.4. The molecule has 0 spiro atoms. The van der Waals surface area contributed by atoms with E-state index in [1.54, 1.807) is 24.3 Å². The van der Waals surface area contributed by atoms with Gasteiger partial charge in [-0.15, -0.1) is 0 Å². The van der Waals surface area contributed by atoms with E-state index in [0.29, 0.717) is 16.9 Å². The van der Waals surface area contributed by atoms with E-state index >= 15 is 0 Å². The highest BCUT2D eigenvalue weighted by atomic mass is 19.1. The van der Waals surface area contributed by atoms with Crippen molar-refractivity contribution in [3.05, 3.63) is 65.9 Å². The number of nitrogens with zero attached hydrogens (tertiary/aromatic N) is 1. The van der Waals surface area contributed by atoms with Gasteiger partial charge in [-0.1, -0.05) is 18.2 Å². The van der Waals surface area contributed by atoms with Crippen LogP contribution in [-0.4, -0.2) is 21.9 Å². The van der Waals surface area contributed by atoms with Crippen LogP contribution in [0.1, 0.15) is 16.1 Å². The highest BCUT2D eigenvalue weighted by molar-refractivity contribution is 6.00. The first-order valence-corrected chi connectivity index (χ1v) is 7.84. The lowest BCUT2D eigenvalue weighted by atomic mass is 10.1. The number of hydrogen-bond acceptors (Lipinski definition) is 3. The lowest BCUT2D eigenvalue weighted by Gasteiger charge is -2.10. The van der Waals surface area contributed by atoms with Gasteiger partial charge in [-0.05, 0) is 29.8 Å². The van der Waals surface area contributed by atoms with Crippen molar-refractivity contribution in [3.63, 3.8) is 0 Å². The number of imidazole rings is 1. The third kappa shape index (κ3) is 4.09. The Kier molecular flexibility index (Phi) is 5.11. The van der Waals surface area contributed by atoms with Crippen molar-refractivity contribution in [1.29, 1.82) is 0 Å². The second-order valence-corrected chi connectivity index (χ2v) is 5.59. The Morgan fingerprint density at radius 2 is 1.85 bits per heavy atom. The molecule has 0 saturated heterocycles. The molecule has 0 fully saturated rings.